The molecule has 1 nitrogen and oxygen atoms in total. The summed E-state index contributed by atoms with van der Waals surface area (Å²) in [7, 11) is 0. The zero-order valence-electron chi connectivity index (χ0n) is 14.6. The predicted molar refractivity (Wildman–Crippen MR) is 105 cm³/mol. The highest BCUT2D eigenvalue weighted by molar-refractivity contribution is 5.79. The summed E-state index contributed by atoms with van der Waals surface area (Å²) in [4.78, 5) is 0. The molecule has 1 heteroatoms. The molecule has 0 amide bonds. The van der Waals surface area contributed by atoms with Gasteiger partial charge in [-0.3, -0.25) is 0 Å². The van der Waals surface area contributed by atoms with Gasteiger partial charge in [0, 0.05) is 5.41 Å². The average molecular weight is 328 g/mol. The quantitative estimate of drug-likeness (QED) is 0.637. The van der Waals surface area contributed by atoms with E-state index in [1.54, 1.807) is 0 Å². The van der Waals surface area contributed by atoms with Gasteiger partial charge in [0.05, 0.1) is 6.61 Å². The number of aliphatic hydroxyl groups excluding tert-OH is 1. The molecule has 0 aliphatic carbocycles. The number of rotatable bonds is 6. The Bertz CT molecular complexity index is 765. The van der Waals surface area contributed by atoms with Crippen LogP contribution in [0.2, 0.25) is 0 Å². The smallest absolute Gasteiger partial charge is 0.0528 e. The zero-order chi connectivity index (χ0) is 17.5. The molecule has 25 heavy (non-hydrogen) atoms. The van der Waals surface area contributed by atoms with E-state index >= 15 is 0 Å². The second-order valence-electron chi connectivity index (χ2n) is 6.64. The number of benzene rings is 3. The molecule has 126 valence electrons. The summed E-state index contributed by atoms with van der Waals surface area (Å²) in [6.45, 7) is 2.23. The summed E-state index contributed by atoms with van der Waals surface area (Å²) in [6.07, 6.45) is 3.03. The first-order valence-corrected chi connectivity index (χ1v) is 8.70. The summed E-state index contributed by atoms with van der Waals surface area (Å²) in [6, 6.07) is 31.1. The van der Waals surface area contributed by atoms with Gasteiger partial charge in [0.15, 0.2) is 0 Å². The molecular formula is C24H24O. The van der Waals surface area contributed by atoms with Crippen molar-refractivity contribution >= 4 is 5.57 Å². The first-order valence-electron chi connectivity index (χ1n) is 8.70. The molecule has 0 heterocycles. The molecular weight excluding hydrogens is 304 g/mol. The number of hydrogen-bond donors (Lipinski definition) is 1. The van der Waals surface area contributed by atoms with Crippen LogP contribution in [0, 0.1) is 0 Å². The van der Waals surface area contributed by atoms with Gasteiger partial charge in [0.2, 0.25) is 0 Å². The van der Waals surface area contributed by atoms with Gasteiger partial charge < -0.3 is 5.11 Å². The van der Waals surface area contributed by atoms with Crippen molar-refractivity contribution in [2.45, 2.75) is 18.8 Å². The Balaban J connectivity index is 1.99. The van der Waals surface area contributed by atoms with Gasteiger partial charge in [-0.1, -0.05) is 104 Å². The van der Waals surface area contributed by atoms with E-state index in [2.05, 4.69) is 73.7 Å². The van der Waals surface area contributed by atoms with Crippen molar-refractivity contribution in [3.05, 3.63) is 114 Å². The molecule has 0 saturated heterocycles. The lowest BCUT2D eigenvalue weighted by atomic mass is 9.79. The van der Waals surface area contributed by atoms with Gasteiger partial charge in [-0.25, -0.2) is 0 Å². The SMILES string of the molecule is CC(CO)(CC=C(c1ccccc1)c1ccccc1)c1ccccc1. The summed E-state index contributed by atoms with van der Waals surface area (Å²) < 4.78 is 0. The van der Waals surface area contributed by atoms with Crippen LogP contribution in [0.5, 0.6) is 0 Å². The van der Waals surface area contributed by atoms with Crippen molar-refractivity contribution in [2.24, 2.45) is 0 Å². The van der Waals surface area contributed by atoms with Crippen LogP contribution < -0.4 is 0 Å². The van der Waals surface area contributed by atoms with Gasteiger partial charge in [0.1, 0.15) is 0 Å². The fourth-order valence-electron chi connectivity index (χ4n) is 3.08. The Morgan fingerprint density at radius 3 is 1.64 bits per heavy atom. The maximum atomic E-state index is 10.1. The highest BCUT2D eigenvalue weighted by Gasteiger charge is 2.24. The van der Waals surface area contributed by atoms with Crippen LogP contribution in [-0.2, 0) is 5.41 Å². The van der Waals surface area contributed by atoms with E-state index in [4.69, 9.17) is 0 Å². The summed E-state index contributed by atoms with van der Waals surface area (Å²) in [5.74, 6) is 0. The van der Waals surface area contributed by atoms with Crippen LogP contribution in [0.4, 0.5) is 0 Å². The summed E-state index contributed by atoms with van der Waals surface area (Å²) >= 11 is 0. The van der Waals surface area contributed by atoms with E-state index in [-0.39, 0.29) is 12.0 Å². The second-order valence-corrected chi connectivity index (χ2v) is 6.64. The third kappa shape index (κ3) is 4.07. The van der Waals surface area contributed by atoms with Crippen LogP contribution in [0.25, 0.3) is 5.57 Å². The van der Waals surface area contributed by atoms with E-state index in [1.807, 2.05) is 30.3 Å². The topological polar surface area (TPSA) is 20.2 Å². The van der Waals surface area contributed by atoms with Crippen LogP contribution in [0.3, 0.4) is 0 Å². The highest BCUT2D eigenvalue weighted by Crippen LogP contribution is 2.31. The van der Waals surface area contributed by atoms with Gasteiger partial charge in [-0.2, -0.15) is 0 Å². The fourth-order valence-corrected chi connectivity index (χ4v) is 3.08. The molecule has 0 aliphatic rings. The monoisotopic (exact) mass is 328 g/mol. The lowest BCUT2D eigenvalue weighted by molar-refractivity contribution is 0.207. The first-order chi connectivity index (χ1) is 12.2. The van der Waals surface area contributed by atoms with E-state index < -0.39 is 0 Å². The maximum absolute atomic E-state index is 10.1. The van der Waals surface area contributed by atoms with E-state index in [9.17, 15) is 5.11 Å². The first kappa shape index (κ1) is 17.2. The molecule has 0 saturated carbocycles. The van der Waals surface area contributed by atoms with Gasteiger partial charge >= 0.3 is 0 Å². The van der Waals surface area contributed by atoms with Crippen molar-refractivity contribution in [3.63, 3.8) is 0 Å². The molecule has 0 aliphatic heterocycles. The standard InChI is InChI=1S/C24H24O/c1-24(19-25,22-15-9-4-10-16-22)18-17-23(20-11-5-2-6-12-20)21-13-7-3-8-14-21/h2-17,25H,18-19H2,1H3. The minimum absolute atomic E-state index is 0.115. The van der Waals surface area contributed by atoms with Crippen LogP contribution in [-0.4, -0.2) is 11.7 Å². The van der Waals surface area contributed by atoms with Crippen molar-refractivity contribution in [2.75, 3.05) is 6.61 Å². The molecule has 3 aromatic carbocycles. The van der Waals surface area contributed by atoms with E-state index in [1.165, 1.54) is 16.7 Å². The zero-order valence-corrected chi connectivity index (χ0v) is 14.6. The lowest BCUT2D eigenvalue weighted by Crippen LogP contribution is -2.26. The van der Waals surface area contributed by atoms with Gasteiger partial charge in [-0.05, 0) is 28.7 Å². The summed E-state index contributed by atoms with van der Waals surface area (Å²) in [5, 5.41) is 10.1. The summed E-state index contributed by atoms with van der Waals surface area (Å²) in [5.41, 5.74) is 4.46. The van der Waals surface area contributed by atoms with Crippen molar-refractivity contribution < 1.29 is 5.11 Å². The Morgan fingerprint density at radius 2 is 1.20 bits per heavy atom. The third-order valence-electron chi connectivity index (χ3n) is 4.75. The van der Waals surface area contributed by atoms with Gasteiger partial charge in [0.25, 0.3) is 0 Å². The Hall–Kier alpha value is -2.64. The molecule has 1 unspecified atom stereocenters. The second kappa shape index (κ2) is 7.96. The molecule has 3 rings (SSSR count). The highest BCUT2D eigenvalue weighted by atomic mass is 16.3. The normalized spacial score (nSPS) is 13.0. The number of hydrogen-bond acceptors (Lipinski definition) is 1. The van der Waals surface area contributed by atoms with E-state index in [0.717, 1.165) is 12.0 Å². The molecule has 0 aromatic heterocycles. The largest absolute Gasteiger partial charge is 0.395 e. The Morgan fingerprint density at radius 1 is 0.760 bits per heavy atom. The van der Waals surface area contributed by atoms with Crippen LogP contribution in [0.15, 0.2) is 97.1 Å². The fraction of sp³-hybridized carbons (Fsp3) is 0.167. The van der Waals surface area contributed by atoms with Crippen LogP contribution >= 0.6 is 0 Å². The molecule has 0 bridgehead atoms. The van der Waals surface area contributed by atoms with E-state index in [0.29, 0.717) is 0 Å². The molecule has 0 fully saturated rings. The minimum atomic E-state index is -0.296. The molecule has 1 atom stereocenters. The number of allylic oxidation sites excluding steroid dienone is 1. The molecule has 0 spiro atoms. The van der Waals surface area contributed by atoms with Crippen molar-refractivity contribution in [1.29, 1.82) is 0 Å². The lowest BCUT2D eigenvalue weighted by Gasteiger charge is -2.27. The van der Waals surface area contributed by atoms with Gasteiger partial charge in [-0.15, -0.1) is 0 Å². The molecule has 0 radical (unpaired) electrons. The third-order valence-corrected chi connectivity index (χ3v) is 4.75. The maximum Gasteiger partial charge on any atom is 0.0528 e. The minimum Gasteiger partial charge on any atom is -0.395 e. The Labute approximate surface area is 150 Å². The average Bonchev–Trinajstić information content (AvgIpc) is 2.70. The van der Waals surface area contributed by atoms with Crippen molar-refractivity contribution in [3.8, 4) is 0 Å². The van der Waals surface area contributed by atoms with Crippen molar-refractivity contribution in [1.82, 2.24) is 0 Å². The Kier molecular flexibility index (Phi) is 5.47. The number of aliphatic hydroxyl groups is 1. The molecule has 3 aromatic rings. The van der Waals surface area contributed by atoms with Crippen LogP contribution in [0.1, 0.15) is 30.0 Å². The molecule has 1 N–H and O–H groups in total. The predicted octanol–water partition coefficient (Wildman–Crippen LogP) is 5.46.